The maximum absolute atomic E-state index is 12.9. The number of thiophene rings is 1. The molecule has 0 saturated heterocycles. The van der Waals surface area contributed by atoms with Crippen LogP contribution in [0, 0.1) is 5.92 Å². The molecule has 0 fully saturated rings. The highest BCUT2D eigenvalue weighted by Crippen LogP contribution is 2.30. The first-order valence-corrected chi connectivity index (χ1v) is 10.0. The molecule has 1 aromatic carbocycles. The second kappa shape index (κ2) is 9.37. The van der Waals surface area contributed by atoms with Crippen LogP contribution in [0.3, 0.4) is 0 Å². The van der Waals surface area contributed by atoms with Crippen molar-refractivity contribution in [3.63, 3.8) is 0 Å². The minimum atomic E-state index is -0.136. The molecule has 0 radical (unpaired) electrons. The van der Waals surface area contributed by atoms with Gasteiger partial charge >= 0.3 is 0 Å². The second-order valence-electron chi connectivity index (χ2n) is 6.72. The van der Waals surface area contributed by atoms with Crippen molar-refractivity contribution in [1.29, 1.82) is 0 Å². The lowest BCUT2D eigenvalue weighted by Crippen LogP contribution is -2.31. The van der Waals surface area contributed by atoms with Crippen molar-refractivity contribution in [2.45, 2.75) is 26.5 Å². The quantitative estimate of drug-likeness (QED) is 0.591. The van der Waals surface area contributed by atoms with Gasteiger partial charge in [0.2, 0.25) is 0 Å². The molecule has 0 aliphatic heterocycles. The fourth-order valence-corrected chi connectivity index (χ4v) is 3.78. The molecule has 28 heavy (non-hydrogen) atoms. The molecule has 0 aliphatic carbocycles. The van der Waals surface area contributed by atoms with Crippen LogP contribution in [0.15, 0.2) is 60.2 Å². The number of pyridine rings is 1. The zero-order valence-electron chi connectivity index (χ0n) is 16.2. The largest absolute Gasteiger partial charge is 0.493 e. The maximum Gasteiger partial charge on any atom is 0.251 e. The number of benzene rings is 1. The molecule has 5 nitrogen and oxygen atoms in total. The molecule has 1 amide bonds. The molecule has 0 unspecified atom stereocenters. The van der Waals surface area contributed by atoms with E-state index < -0.39 is 0 Å². The zero-order chi connectivity index (χ0) is 19.9. The Bertz CT molecular complexity index is 895. The first-order valence-electron chi connectivity index (χ1n) is 9.12. The Morgan fingerprint density at radius 3 is 2.57 bits per heavy atom. The van der Waals surface area contributed by atoms with Gasteiger partial charge in [-0.25, -0.2) is 0 Å². The van der Waals surface area contributed by atoms with Gasteiger partial charge in [-0.05, 0) is 53.3 Å². The average Bonchev–Trinajstić information content (AvgIpc) is 3.25. The van der Waals surface area contributed by atoms with Crippen LogP contribution in [0.25, 0.3) is 0 Å². The fourth-order valence-electron chi connectivity index (χ4n) is 2.83. The Labute approximate surface area is 169 Å². The predicted octanol–water partition coefficient (Wildman–Crippen LogP) is 4.86. The van der Waals surface area contributed by atoms with E-state index in [2.05, 4.69) is 24.1 Å². The van der Waals surface area contributed by atoms with Crippen LogP contribution in [0.4, 0.5) is 0 Å². The van der Waals surface area contributed by atoms with Gasteiger partial charge in [0.05, 0.1) is 13.2 Å². The van der Waals surface area contributed by atoms with E-state index in [-0.39, 0.29) is 17.9 Å². The summed E-state index contributed by atoms with van der Waals surface area (Å²) in [5, 5.41) is 5.16. The summed E-state index contributed by atoms with van der Waals surface area (Å²) in [5.41, 5.74) is 1.53. The lowest BCUT2D eigenvalue weighted by Gasteiger charge is -2.21. The Balaban J connectivity index is 1.76. The zero-order valence-corrected chi connectivity index (χ0v) is 17.0. The molecular formula is C22H24N2O3S. The number of nitrogens with zero attached hydrogens (tertiary/aromatic N) is 1. The van der Waals surface area contributed by atoms with Gasteiger partial charge in [0.25, 0.3) is 5.91 Å². The van der Waals surface area contributed by atoms with Crippen molar-refractivity contribution in [2.75, 3.05) is 7.11 Å². The van der Waals surface area contributed by atoms with E-state index in [1.54, 1.807) is 49.0 Å². The number of hydrogen-bond acceptors (Lipinski definition) is 5. The van der Waals surface area contributed by atoms with Gasteiger partial charge in [0.15, 0.2) is 11.5 Å². The van der Waals surface area contributed by atoms with Crippen LogP contribution in [0.2, 0.25) is 0 Å². The van der Waals surface area contributed by atoms with E-state index in [1.165, 1.54) is 0 Å². The highest BCUT2D eigenvalue weighted by atomic mass is 32.1. The summed E-state index contributed by atoms with van der Waals surface area (Å²) in [4.78, 5) is 18.0. The second-order valence-corrected chi connectivity index (χ2v) is 7.70. The van der Waals surface area contributed by atoms with Crippen molar-refractivity contribution < 1.29 is 14.3 Å². The maximum atomic E-state index is 12.9. The van der Waals surface area contributed by atoms with Crippen molar-refractivity contribution in [1.82, 2.24) is 10.3 Å². The molecule has 146 valence electrons. The number of nitrogens with one attached hydrogen (secondary N) is 1. The number of amides is 1. The topological polar surface area (TPSA) is 60.5 Å². The Kier molecular flexibility index (Phi) is 6.66. The molecule has 3 rings (SSSR count). The summed E-state index contributed by atoms with van der Waals surface area (Å²) in [6, 6.07) is 13.0. The Hall–Kier alpha value is -2.86. The average molecular weight is 397 g/mol. The normalized spacial score (nSPS) is 11.9. The van der Waals surface area contributed by atoms with Crippen LogP contribution in [-0.4, -0.2) is 18.0 Å². The molecule has 0 aliphatic rings. The number of aromatic nitrogens is 1. The number of ether oxygens (including phenoxy) is 2. The first-order chi connectivity index (χ1) is 13.6. The van der Waals surface area contributed by atoms with Gasteiger partial charge in [0, 0.05) is 22.8 Å². The molecule has 1 atom stereocenters. The smallest absolute Gasteiger partial charge is 0.251 e. The summed E-state index contributed by atoms with van der Waals surface area (Å²) < 4.78 is 11.3. The van der Waals surface area contributed by atoms with Crippen molar-refractivity contribution in [3.8, 4) is 11.5 Å². The molecule has 2 heterocycles. The van der Waals surface area contributed by atoms with E-state index >= 15 is 0 Å². The standard InChI is InChI=1S/C22H24N2O3S/c1-15(2)21(20-5-4-12-28-20)24-22(25)17-6-7-18(26-3)19(13-17)27-14-16-8-10-23-11-9-16/h4-13,15,21H,14H2,1-3H3,(H,24,25)/t21-/m0/s1. The third-order valence-electron chi connectivity index (χ3n) is 4.37. The number of carbonyl (C=O) groups excluding carboxylic acids is 1. The van der Waals surface area contributed by atoms with Crippen molar-refractivity contribution >= 4 is 17.2 Å². The molecular weight excluding hydrogens is 372 g/mol. The summed E-state index contributed by atoms with van der Waals surface area (Å²) in [7, 11) is 1.58. The summed E-state index contributed by atoms with van der Waals surface area (Å²) >= 11 is 1.65. The van der Waals surface area contributed by atoms with Gasteiger partial charge in [-0.3, -0.25) is 9.78 Å². The summed E-state index contributed by atoms with van der Waals surface area (Å²) in [6.45, 7) is 4.57. The van der Waals surface area contributed by atoms with Gasteiger partial charge in [-0.15, -0.1) is 11.3 Å². The minimum absolute atomic E-state index is 0.0317. The monoisotopic (exact) mass is 396 g/mol. The van der Waals surface area contributed by atoms with Gasteiger partial charge in [-0.2, -0.15) is 0 Å². The number of carbonyl (C=O) groups is 1. The number of methoxy groups -OCH3 is 1. The molecule has 2 aromatic heterocycles. The van der Waals surface area contributed by atoms with E-state index in [1.807, 2.05) is 29.6 Å². The highest BCUT2D eigenvalue weighted by Gasteiger charge is 2.21. The molecule has 3 aromatic rings. The van der Waals surface area contributed by atoms with Crippen LogP contribution < -0.4 is 14.8 Å². The van der Waals surface area contributed by atoms with E-state index in [9.17, 15) is 4.79 Å². The molecule has 6 heteroatoms. The molecule has 0 bridgehead atoms. The van der Waals surface area contributed by atoms with Crippen LogP contribution >= 0.6 is 11.3 Å². The SMILES string of the molecule is COc1ccc(C(=O)N[C@H](c2cccs2)C(C)C)cc1OCc1ccncc1. The van der Waals surface area contributed by atoms with Gasteiger partial charge in [0.1, 0.15) is 6.61 Å². The van der Waals surface area contributed by atoms with Crippen LogP contribution in [-0.2, 0) is 6.61 Å². The van der Waals surface area contributed by atoms with Gasteiger partial charge in [-0.1, -0.05) is 19.9 Å². The van der Waals surface area contributed by atoms with Crippen LogP contribution in [0.1, 0.15) is 40.7 Å². The van der Waals surface area contributed by atoms with E-state index in [0.717, 1.165) is 10.4 Å². The number of hydrogen-bond donors (Lipinski definition) is 1. The predicted molar refractivity (Wildman–Crippen MR) is 111 cm³/mol. The number of rotatable bonds is 8. The van der Waals surface area contributed by atoms with E-state index in [0.29, 0.717) is 23.7 Å². The third kappa shape index (κ3) is 4.89. The Morgan fingerprint density at radius 1 is 1.14 bits per heavy atom. The molecule has 0 spiro atoms. The van der Waals surface area contributed by atoms with Crippen LogP contribution in [0.5, 0.6) is 11.5 Å². The molecule has 0 saturated carbocycles. The fraction of sp³-hybridized carbons (Fsp3) is 0.273. The lowest BCUT2D eigenvalue weighted by atomic mass is 10.0. The van der Waals surface area contributed by atoms with Crippen molar-refractivity contribution in [2.24, 2.45) is 5.92 Å². The summed E-state index contributed by atoms with van der Waals surface area (Å²) in [6.07, 6.45) is 3.44. The highest BCUT2D eigenvalue weighted by molar-refractivity contribution is 7.10. The molecule has 1 N–H and O–H groups in total. The van der Waals surface area contributed by atoms with Crippen molar-refractivity contribution in [3.05, 3.63) is 76.2 Å². The first kappa shape index (κ1) is 19.9. The summed E-state index contributed by atoms with van der Waals surface area (Å²) in [5.74, 6) is 1.26. The minimum Gasteiger partial charge on any atom is -0.493 e. The lowest BCUT2D eigenvalue weighted by molar-refractivity contribution is 0.0926. The van der Waals surface area contributed by atoms with Gasteiger partial charge < -0.3 is 14.8 Å². The third-order valence-corrected chi connectivity index (χ3v) is 5.33. The van der Waals surface area contributed by atoms with E-state index in [4.69, 9.17) is 9.47 Å². The Morgan fingerprint density at radius 2 is 1.93 bits per heavy atom.